The van der Waals surface area contributed by atoms with Gasteiger partial charge >= 0.3 is 0 Å². The van der Waals surface area contributed by atoms with Crippen LogP contribution in [0.5, 0.6) is 0 Å². The molecule has 2 rings (SSSR count). The average molecular weight is 300 g/mol. The third kappa shape index (κ3) is 3.49. The molecule has 2 N–H and O–H groups in total. The first-order chi connectivity index (χ1) is 8.88. The lowest BCUT2D eigenvalue weighted by Crippen LogP contribution is -2.37. The molecule has 1 aliphatic heterocycles. The molecule has 1 saturated heterocycles. The van der Waals surface area contributed by atoms with Crippen molar-refractivity contribution in [2.75, 3.05) is 23.2 Å². The van der Waals surface area contributed by atoms with E-state index in [2.05, 4.69) is 10.6 Å². The first kappa shape index (κ1) is 14.4. The minimum absolute atomic E-state index is 0.126. The van der Waals surface area contributed by atoms with Crippen LogP contribution in [0.15, 0.2) is 23.1 Å². The Bertz CT molecular complexity index is 593. The highest BCUT2D eigenvalue weighted by atomic mass is 32.2. The zero-order valence-electron chi connectivity index (χ0n) is 10.8. The molecule has 0 saturated carbocycles. The van der Waals surface area contributed by atoms with Crippen molar-refractivity contribution in [2.45, 2.75) is 17.9 Å². The maximum atomic E-state index is 12.0. The lowest BCUT2D eigenvalue weighted by atomic mass is 10.2. The highest BCUT2D eigenvalue weighted by molar-refractivity contribution is 7.99. The van der Waals surface area contributed by atoms with E-state index in [4.69, 9.17) is 0 Å². The number of amides is 1. The summed E-state index contributed by atoms with van der Waals surface area (Å²) in [5.74, 6) is 1.37. The minimum atomic E-state index is -3.27. The van der Waals surface area contributed by atoms with Gasteiger partial charge in [0.25, 0.3) is 0 Å². The third-order valence-electron chi connectivity index (χ3n) is 2.93. The lowest BCUT2D eigenvalue weighted by molar-refractivity contribution is -0.117. The maximum Gasteiger partial charge on any atom is 0.242 e. The van der Waals surface area contributed by atoms with E-state index in [1.165, 1.54) is 6.07 Å². The first-order valence-corrected chi connectivity index (χ1v) is 8.85. The average Bonchev–Trinajstić information content (AvgIpc) is 2.84. The second-order valence-corrected chi connectivity index (χ2v) is 7.56. The molecule has 0 bridgehead atoms. The van der Waals surface area contributed by atoms with Gasteiger partial charge in [0.05, 0.1) is 10.9 Å². The summed E-state index contributed by atoms with van der Waals surface area (Å²) in [5, 5.41) is 5.86. The number of nitrogens with one attached hydrogen (secondary N) is 2. The van der Waals surface area contributed by atoms with Crippen molar-refractivity contribution in [2.24, 2.45) is 0 Å². The number of sulfone groups is 1. The number of thioether (sulfide) groups is 1. The summed E-state index contributed by atoms with van der Waals surface area (Å²) in [5.41, 5.74) is 1.39. The molecule has 1 aromatic carbocycles. The number of aryl methyl sites for hydroxylation is 1. The summed E-state index contributed by atoms with van der Waals surface area (Å²) < 4.78 is 23.0. The molecule has 0 radical (unpaired) electrons. The Labute approximate surface area is 117 Å². The Kier molecular flexibility index (Phi) is 4.17. The molecule has 1 fully saturated rings. The predicted molar refractivity (Wildman–Crippen MR) is 77.2 cm³/mol. The van der Waals surface area contributed by atoms with Gasteiger partial charge in [-0.05, 0) is 24.6 Å². The predicted octanol–water partition coefficient (Wildman–Crippen LogP) is 1.000. The molecule has 104 valence electrons. The van der Waals surface area contributed by atoms with Gasteiger partial charge in [-0.2, -0.15) is 0 Å². The summed E-state index contributed by atoms with van der Waals surface area (Å²) in [7, 11) is -3.27. The fraction of sp³-hybridized carbons (Fsp3) is 0.417. The van der Waals surface area contributed by atoms with Crippen molar-refractivity contribution in [1.82, 2.24) is 5.32 Å². The summed E-state index contributed by atoms with van der Waals surface area (Å²) in [6.45, 7) is 1.83. The van der Waals surface area contributed by atoms with Gasteiger partial charge in [0.1, 0.15) is 0 Å². The second kappa shape index (κ2) is 5.52. The lowest BCUT2D eigenvalue weighted by Gasteiger charge is -2.13. The van der Waals surface area contributed by atoms with Crippen LogP contribution in [0.1, 0.15) is 5.56 Å². The summed E-state index contributed by atoms with van der Waals surface area (Å²) in [4.78, 5) is 12.2. The summed E-state index contributed by atoms with van der Waals surface area (Å²) in [6, 6.07) is 4.53. The minimum Gasteiger partial charge on any atom is -0.324 e. The van der Waals surface area contributed by atoms with Crippen LogP contribution in [0.2, 0.25) is 0 Å². The van der Waals surface area contributed by atoms with Crippen LogP contribution >= 0.6 is 11.8 Å². The molecule has 0 aliphatic carbocycles. The van der Waals surface area contributed by atoms with E-state index in [0.717, 1.165) is 23.4 Å². The van der Waals surface area contributed by atoms with Crippen LogP contribution < -0.4 is 10.6 Å². The van der Waals surface area contributed by atoms with Gasteiger partial charge in [-0.25, -0.2) is 8.42 Å². The maximum absolute atomic E-state index is 12.0. The molecule has 1 atom stereocenters. The summed E-state index contributed by atoms with van der Waals surface area (Å²) in [6.07, 6.45) is 1.15. The van der Waals surface area contributed by atoms with E-state index in [0.29, 0.717) is 5.69 Å². The van der Waals surface area contributed by atoms with Crippen LogP contribution in [0.25, 0.3) is 0 Å². The molecule has 5 nitrogen and oxygen atoms in total. The van der Waals surface area contributed by atoms with Crippen molar-refractivity contribution < 1.29 is 13.2 Å². The quantitative estimate of drug-likeness (QED) is 0.871. The fourth-order valence-electron chi connectivity index (χ4n) is 1.75. The molecule has 1 unspecified atom stereocenters. The number of hydrogen-bond acceptors (Lipinski definition) is 5. The molecular formula is C12H16N2O3S2. The van der Waals surface area contributed by atoms with E-state index in [1.807, 2.05) is 6.92 Å². The highest BCUT2D eigenvalue weighted by Crippen LogP contribution is 2.21. The van der Waals surface area contributed by atoms with Crippen LogP contribution in [0.3, 0.4) is 0 Å². The van der Waals surface area contributed by atoms with Gasteiger partial charge in [0, 0.05) is 23.6 Å². The molecule has 1 aromatic rings. The summed E-state index contributed by atoms with van der Waals surface area (Å²) >= 11 is 1.66. The van der Waals surface area contributed by atoms with Crippen molar-refractivity contribution >= 4 is 33.2 Å². The highest BCUT2D eigenvalue weighted by Gasteiger charge is 2.23. The topological polar surface area (TPSA) is 75.3 Å². The Morgan fingerprint density at radius 2 is 2.21 bits per heavy atom. The second-order valence-electron chi connectivity index (χ2n) is 4.51. The Balaban J connectivity index is 2.22. The third-order valence-corrected chi connectivity index (χ3v) is 4.98. The van der Waals surface area contributed by atoms with E-state index < -0.39 is 9.84 Å². The SMILES string of the molecule is Cc1ccc(S(C)(=O)=O)cc1NC(=O)C1CSCN1. The van der Waals surface area contributed by atoms with Gasteiger partial charge in [-0.1, -0.05) is 6.07 Å². The van der Waals surface area contributed by atoms with E-state index >= 15 is 0 Å². The largest absolute Gasteiger partial charge is 0.324 e. The molecule has 1 amide bonds. The van der Waals surface area contributed by atoms with Crippen LogP contribution in [0.4, 0.5) is 5.69 Å². The number of hydrogen-bond donors (Lipinski definition) is 2. The molecular weight excluding hydrogens is 284 g/mol. The van der Waals surface area contributed by atoms with E-state index in [-0.39, 0.29) is 16.8 Å². The standard InChI is InChI=1S/C12H16N2O3S2/c1-8-3-4-9(19(2,16)17)5-10(8)14-12(15)11-6-18-7-13-11/h3-5,11,13H,6-7H2,1-2H3,(H,14,15). The zero-order chi connectivity index (χ0) is 14.0. The Morgan fingerprint density at radius 3 is 2.79 bits per heavy atom. The number of benzene rings is 1. The van der Waals surface area contributed by atoms with E-state index in [9.17, 15) is 13.2 Å². The number of rotatable bonds is 3. The van der Waals surface area contributed by atoms with Crippen LogP contribution in [-0.2, 0) is 14.6 Å². The monoisotopic (exact) mass is 300 g/mol. The van der Waals surface area contributed by atoms with Gasteiger partial charge in [-0.15, -0.1) is 11.8 Å². The van der Waals surface area contributed by atoms with Crippen molar-refractivity contribution in [3.63, 3.8) is 0 Å². The molecule has 0 aromatic heterocycles. The molecule has 1 aliphatic rings. The molecule has 19 heavy (non-hydrogen) atoms. The van der Waals surface area contributed by atoms with Gasteiger partial charge < -0.3 is 5.32 Å². The van der Waals surface area contributed by atoms with Crippen molar-refractivity contribution in [3.8, 4) is 0 Å². The van der Waals surface area contributed by atoms with Gasteiger partial charge in [0.2, 0.25) is 5.91 Å². The Morgan fingerprint density at radius 1 is 1.47 bits per heavy atom. The van der Waals surface area contributed by atoms with E-state index in [1.54, 1.807) is 23.9 Å². The number of carbonyl (C=O) groups excluding carboxylic acids is 1. The number of anilines is 1. The fourth-order valence-corrected chi connectivity index (χ4v) is 3.34. The van der Waals surface area contributed by atoms with Crippen molar-refractivity contribution in [1.29, 1.82) is 0 Å². The van der Waals surface area contributed by atoms with Gasteiger partial charge in [0.15, 0.2) is 9.84 Å². The van der Waals surface area contributed by atoms with Gasteiger partial charge in [-0.3, -0.25) is 10.1 Å². The molecule has 0 spiro atoms. The first-order valence-electron chi connectivity index (χ1n) is 5.80. The number of carbonyl (C=O) groups is 1. The molecule has 7 heteroatoms. The van der Waals surface area contributed by atoms with Crippen molar-refractivity contribution in [3.05, 3.63) is 23.8 Å². The van der Waals surface area contributed by atoms with Crippen LogP contribution in [-0.4, -0.2) is 38.3 Å². The van der Waals surface area contributed by atoms with Crippen LogP contribution in [0, 0.1) is 6.92 Å². The Hall–Kier alpha value is -1.05. The smallest absolute Gasteiger partial charge is 0.242 e. The molecule has 1 heterocycles. The normalized spacial score (nSPS) is 19.4. The zero-order valence-corrected chi connectivity index (χ0v) is 12.4.